The Morgan fingerprint density at radius 3 is 2.61 bits per heavy atom. The van der Waals surface area contributed by atoms with Crippen molar-refractivity contribution in [1.82, 2.24) is 0 Å². The average molecular weight is 254 g/mol. The molecular weight excluding hydrogens is 235 g/mol. The molecule has 0 saturated carbocycles. The number of halogens is 1. The van der Waals surface area contributed by atoms with Gasteiger partial charge in [-0.25, -0.2) is 4.39 Å². The van der Waals surface area contributed by atoms with Crippen molar-refractivity contribution in [2.45, 2.75) is 39.7 Å². The molecular formula is C13H19FN2O2. The van der Waals surface area contributed by atoms with Gasteiger partial charge in [-0.05, 0) is 25.3 Å². The lowest BCUT2D eigenvalue weighted by molar-refractivity contribution is -0.385. The lowest BCUT2D eigenvalue weighted by atomic mass is 10.0. The maximum atomic E-state index is 13.2. The smallest absolute Gasteiger partial charge is 0.274 e. The molecule has 5 heteroatoms. The van der Waals surface area contributed by atoms with E-state index in [4.69, 9.17) is 0 Å². The summed E-state index contributed by atoms with van der Waals surface area (Å²) in [5.41, 5.74) is 0.228. The van der Waals surface area contributed by atoms with Crippen LogP contribution in [-0.2, 0) is 0 Å². The number of anilines is 1. The van der Waals surface area contributed by atoms with Crippen molar-refractivity contribution >= 4 is 11.4 Å². The molecule has 0 aliphatic carbocycles. The highest BCUT2D eigenvalue weighted by Gasteiger charge is 2.12. The summed E-state index contributed by atoms with van der Waals surface area (Å²) in [5, 5.41) is 13.7. The zero-order valence-corrected chi connectivity index (χ0v) is 10.9. The number of nitro benzene ring substituents is 1. The molecule has 0 aliphatic heterocycles. The molecule has 1 N–H and O–H groups in total. The van der Waals surface area contributed by atoms with Crippen LogP contribution < -0.4 is 5.32 Å². The van der Waals surface area contributed by atoms with Gasteiger partial charge >= 0.3 is 0 Å². The lowest BCUT2D eigenvalue weighted by Gasteiger charge is -2.18. The van der Waals surface area contributed by atoms with E-state index in [1.54, 1.807) is 0 Å². The molecule has 18 heavy (non-hydrogen) atoms. The minimum absolute atomic E-state index is 0.154. The number of non-ortho nitro benzene ring substituents is 1. The molecule has 2 unspecified atom stereocenters. The topological polar surface area (TPSA) is 55.2 Å². The predicted molar refractivity (Wildman–Crippen MR) is 70.2 cm³/mol. The van der Waals surface area contributed by atoms with Gasteiger partial charge in [0.1, 0.15) is 5.82 Å². The average Bonchev–Trinajstić information content (AvgIpc) is 2.27. The van der Waals surface area contributed by atoms with Gasteiger partial charge in [-0.2, -0.15) is 0 Å². The highest BCUT2D eigenvalue weighted by Crippen LogP contribution is 2.22. The van der Waals surface area contributed by atoms with E-state index in [9.17, 15) is 14.5 Å². The third kappa shape index (κ3) is 4.31. The van der Waals surface area contributed by atoms with Crippen molar-refractivity contribution in [2.24, 2.45) is 5.92 Å². The number of rotatable bonds is 6. The number of hydrogen-bond donors (Lipinski definition) is 1. The summed E-state index contributed by atoms with van der Waals surface area (Å²) in [6.45, 7) is 6.25. The molecule has 4 nitrogen and oxygen atoms in total. The van der Waals surface area contributed by atoms with Crippen LogP contribution in [0.3, 0.4) is 0 Å². The summed E-state index contributed by atoms with van der Waals surface area (Å²) >= 11 is 0. The predicted octanol–water partition coefficient (Wildman–Crippen LogP) is 3.97. The van der Waals surface area contributed by atoms with Gasteiger partial charge in [0.15, 0.2) is 0 Å². The number of hydrogen-bond acceptors (Lipinski definition) is 3. The van der Waals surface area contributed by atoms with E-state index in [-0.39, 0.29) is 11.7 Å². The molecule has 1 aromatic carbocycles. The molecule has 0 saturated heterocycles. The highest BCUT2D eigenvalue weighted by molar-refractivity contribution is 5.52. The maximum absolute atomic E-state index is 13.2. The van der Waals surface area contributed by atoms with Crippen molar-refractivity contribution in [3.05, 3.63) is 34.1 Å². The molecule has 0 radical (unpaired) electrons. The van der Waals surface area contributed by atoms with E-state index in [1.807, 2.05) is 6.92 Å². The molecule has 1 aromatic rings. The van der Waals surface area contributed by atoms with Crippen LogP contribution in [0.15, 0.2) is 18.2 Å². The van der Waals surface area contributed by atoms with E-state index in [0.717, 1.165) is 18.9 Å². The summed E-state index contributed by atoms with van der Waals surface area (Å²) in [7, 11) is 0. The van der Waals surface area contributed by atoms with Crippen LogP contribution in [0.4, 0.5) is 15.8 Å². The molecule has 0 aliphatic rings. The first-order valence-electron chi connectivity index (χ1n) is 6.14. The molecule has 0 fully saturated rings. The molecule has 2 atom stereocenters. The fourth-order valence-electron chi connectivity index (χ4n) is 1.88. The van der Waals surface area contributed by atoms with Crippen LogP contribution in [-0.4, -0.2) is 11.0 Å². The third-order valence-electron chi connectivity index (χ3n) is 2.96. The molecule has 0 amide bonds. The van der Waals surface area contributed by atoms with Gasteiger partial charge in [-0.15, -0.1) is 0 Å². The number of nitro groups is 1. The fraction of sp³-hybridized carbons (Fsp3) is 0.538. The SMILES string of the molecule is CCC(C)CC(C)Nc1cc(F)cc([N+](=O)[O-])c1. The molecule has 0 heterocycles. The summed E-state index contributed by atoms with van der Waals surface area (Å²) in [6, 6.07) is 3.71. The monoisotopic (exact) mass is 254 g/mol. The van der Waals surface area contributed by atoms with Crippen molar-refractivity contribution < 1.29 is 9.31 Å². The largest absolute Gasteiger partial charge is 0.382 e. The molecule has 0 aromatic heterocycles. The third-order valence-corrected chi connectivity index (χ3v) is 2.96. The molecule has 100 valence electrons. The van der Waals surface area contributed by atoms with Crippen molar-refractivity contribution in [1.29, 1.82) is 0 Å². The van der Waals surface area contributed by atoms with Crippen LogP contribution in [0.5, 0.6) is 0 Å². The van der Waals surface area contributed by atoms with E-state index in [1.165, 1.54) is 12.1 Å². The summed E-state index contributed by atoms with van der Waals surface area (Å²) in [4.78, 5) is 10.0. The molecule has 0 spiro atoms. The lowest BCUT2D eigenvalue weighted by Crippen LogP contribution is -2.18. The zero-order chi connectivity index (χ0) is 13.7. The maximum Gasteiger partial charge on any atom is 0.274 e. The van der Waals surface area contributed by atoms with Gasteiger partial charge in [0, 0.05) is 17.8 Å². The second-order valence-electron chi connectivity index (χ2n) is 4.75. The summed E-state index contributed by atoms with van der Waals surface area (Å²) in [5.74, 6) is -0.0292. The minimum Gasteiger partial charge on any atom is -0.382 e. The van der Waals surface area contributed by atoms with Gasteiger partial charge in [0.05, 0.1) is 11.0 Å². The van der Waals surface area contributed by atoms with Crippen LogP contribution in [0, 0.1) is 21.8 Å². The fourth-order valence-corrected chi connectivity index (χ4v) is 1.88. The van der Waals surface area contributed by atoms with E-state index in [0.29, 0.717) is 11.6 Å². The summed E-state index contributed by atoms with van der Waals surface area (Å²) < 4.78 is 13.2. The van der Waals surface area contributed by atoms with Gasteiger partial charge in [-0.3, -0.25) is 10.1 Å². The van der Waals surface area contributed by atoms with Gasteiger partial charge in [0.2, 0.25) is 0 Å². The minimum atomic E-state index is -0.595. The Kier molecular flexibility index (Phi) is 5.07. The molecule has 0 bridgehead atoms. The van der Waals surface area contributed by atoms with Crippen LogP contribution in [0.2, 0.25) is 0 Å². The first-order valence-corrected chi connectivity index (χ1v) is 6.14. The summed E-state index contributed by atoms with van der Waals surface area (Å²) in [6.07, 6.45) is 2.02. The van der Waals surface area contributed by atoms with Crippen LogP contribution in [0.1, 0.15) is 33.6 Å². The van der Waals surface area contributed by atoms with E-state index in [2.05, 4.69) is 19.2 Å². The Morgan fingerprint density at radius 1 is 1.39 bits per heavy atom. The molecule has 1 rings (SSSR count). The Morgan fingerprint density at radius 2 is 2.06 bits per heavy atom. The van der Waals surface area contributed by atoms with E-state index < -0.39 is 10.7 Å². The first kappa shape index (κ1) is 14.4. The van der Waals surface area contributed by atoms with Crippen molar-refractivity contribution in [2.75, 3.05) is 5.32 Å². The van der Waals surface area contributed by atoms with Gasteiger partial charge in [-0.1, -0.05) is 20.3 Å². The standard InChI is InChI=1S/C13H19FN2O2/c1-4-9(2)5-10(3)15-12-6-11(14)7-13(8-12)16(17)18/h6-10,15H,4-5H2,1-3H3. The van der Waals surface area contributed by atoms with Crippen molar-refractivity contribution in [3.8, 4) is 0 Å². The second kappa shape index (κ2) is 6.33. The van der Waals surface area contributed by atoms with Crippen LogP contribution in [0.25, 0.3) is 0 Å². The Balaban J connectivity index is 2.75. The Hall–Kier alpha value is -1.65. The normalized spacial score (nSPS) is 14.0. The quantitative estimate of drug-likeness (QED) is 0.617. The number of nitrogens with zero attached hydrogens (tertiary/aromatic N) is 1. The van der Waals surface area contributed by atoms with E-state index >= 15 is 0 Å². The van der Waals surface area contributed by atoms with Gasteiger partial charge in [0.25, 0.3) is 5.69 Å². The highest BCUT2D eigenvalue weighted by atomic mass is 19.1. The second-order valence-corrected chi connectivity index (χ2v) is 4.75. The number of benzene rings is 1. The van der Waals surface area contributed by atoms with Gasteiger partial charge < -0.3 is 5.32 Å². The van der Waals surface area contributed by atoms with Crippen LogP contribution >= 0.6 is 0 Å². The van der Waals surface area contributed by atoms with Crippen molar-refractivity contribution in [3.63, 3.8) is 0 Å². The zero-order valence-electron chi connectivity index (χ0n) is 10.9. The Labute approximate surface area is 106 Å². The first-order chi connectivity index (χ1) is 8.42. The number of nitrogens with one attached hydrogen (secondary N) is 1. The Bertz CT molecular complexity index is 423.